The summed E-state index contributed by atoms with van der Waals surface area (Å²) >= 11 is 0. The van der Waals surface area contributed by atoms with Gasteiger partial charge in [0.25, 0.3) is 0 Å². The highest BCUT2D eigenvalue weighted by Gasteiger charge is 2.21. The lowest BCUT2D eigenvalue weighted by Crippen LogP contribution is -2.12. The molecular weight excluding hydrogens is 176 g/mol. The third-order valence-corrected chi connectivity index (χ3v) is 2.47. The monoisotopic (exact) mass is 192 g/mol. The van der Waals surface area contributed by atoms with Crippen molar-refractivity contribution in [3.8, 4) is 0 Å². The molecule has 0 radical (unpaired) electrons. The molecule has 1 heterocycles. The fraction of sp³-hybridized carbons (Fsp3) is 0.500. The fourth-order valence-electron chi connectivity index (χ4n) is 1.65. The van der Waals surface area contributed by atoms with E-state index in [9.17, 15) is 0 Å². The van der Waals surface area contributed by atoms with E-state index in [1.807, 2.05) is 18.2 Å². The van der Waals surface area contributed by atoms with Crippen molar-refractivity contribution >= 4 is 0 Å². The van der Waals surface area contributed by atoms with Gasteiger partial charge in [-0.2, -0.15) is 0 Å². The van der Waals surface area contributed by atoms with Crippen LogP contribution < -0.4 is 0 Å². The van der Waals surface area contributed by atoms with Gasteiger partial charge in [-0.05, 0) is 18.9 Å². The van der Waals surface area contributed by atoms with Crippen LogP contribution in [0.1, 0.15) is 25.3 Å². The minimum Gasteiger partial charge on any atom is -0.350 e. The Labute approximate surface area is 84.8 Å². The molecule has 2 rings (SSSR count). The Balaban J connectivity index is 1.78. The van der Waals surface area contributed by atoms with E-state index in [4.69, 9.17) is 9.47 Å². The van der Waals surface area contributed by atoms with Gasteiger partial charge in [-0.25, -0.2) is 0 Å². The molecule has 14 heavy (non-hydrogen) atoms. The second-order valence-corrected chi connectivity index (χ2v) is 3.75. The van der Waals surface area contributed by atoms with E-state index in [2.05, 4.69) is 19.1 Å². The maximum Gasteiger partial charge on any atom is 0.158 e. The van der Waals surface area contributed by atoms with E-state index in [0.29, 0.717) is 12.7 Å². The topological polar surface area (TPSA) is 18.5 Å². The minimum absolute atomic E-state index is 0.00482. The van der Waals surface area contributed by atoms with Gasteiger partial charge in [0.2, 0.25) is 0 Å². The Morgan fingerprint density at radius 2 is 2.07 bits per heavy atom. The van der Waals surface area contributed by atoms with Gasteiger partial charge < -0.3 is 9.47 Å². The Morgan fingerprint density at radius 1 is 1.29 bits per heavy atom. The number of ether oxygens (including phenoxy) is 2. The van der Waals surface area contributed by atoms with Crippen LogP contribution >= 0.6 is 0 Å². The van der Waals surface area contributed by atoms with Gasteiger partial charge in [0.15, 0.2) is 6.29 Å². The molecule has 0 N–H and O–H groups in total. The van der Waals surface area contributed by atoms with Crippen LogP contribution in [0, 0.1) is 0 Å². The van der Waals surface area contributed by atoms with E-state index in [1.54, 1.807) is 0 Å². The van der Waals surface area contributed by atoms with Gasteiger partial charge in [-0.3, -0.25) is 0 Å². The van der Waals surface area contributed by atoms with Crippen LogP contribution in [0.5, 0.6) is 0 Å². The second-order valence-electron chi connectivity index (χ2n) is 3.75. The molecular formula is C12H16O2. The number of benzene rings is 1. The van der Waals surface area contributed by atoms with Crippen LogP contribution in [0.4, 0.5) is 0 Å². The first-order chi connectivity index (χ1) is 6.84. The van der Waals surface area contributed by atoms with E-state index >= 15 is 0 Å². The molecule has 1 aromatic rings. The van der Waals surface area contributed by atoms with Crippen molar-refractivity contribution in [3.05, 3.63) is 35.9 Å². The molecule has 0 aromatic heterocycles. The molecule has 0 saturated carbocycles. The zero-order valence-electron chi connectivity index (χ0n) is 8.48. The molecule has 0 bridgehead atoms. The van der Waals surface area contributed by atoms with Gasteiger partial charge in [0.05, 0.1) is 12.7 Å². The summed E-state index contributed by atoms with van der Waals surface area (Å²) in [7, 11) is 0. The predicted molar refractivity (Wildman–Crippen MR) is 54.8 cm³/mol. The van der Waals surface area contributed by atoms with Crippen molar-refractivity contribution in [3.63, 3.8) is 0 Å². The highest BCUT2D eigenvalue weighted by atomic mass is 16.7. The second kappa shape index (κ2) is 4.58. The standard InChI is InChI=1S/C12H16O2/c1-10-7-8-12(14-10)13-9-11-5-3-2-4-6-11/h2-6,10,12H,7-9H2,1H3. The van der Waals surface area contributed by atoms with Crippen molar-refractivity contribution in [1.82, 2.24) is 0 Å². The van der Waals surface area contributed by atoms with Crippen molar-refractivity contribution < 1.29 is 9.47 Å². The maximum atomic E-state index is 5.64. The molecule has 1 saturated heterocycles. The van der Waals surface area contributed by atoms with Gasteiger partial charge in [-0.15, -0.1) is 0 Å². The molecule has 0 spiro atoms. The smallest absolute Gasteiger partial charge is 0.158 e. The lowest BCUT2D eigenvalue weighted by Gasteiger charge is -2.12. The van der Waals surface area contributed by atoms with Crippen LogP contribution in [0.15, 0.2) is 30.3 Å². The average Bonchev–Trinajstić information content (AvgIpc) is 2.63. The number of hydrogen-bond acceptors (Lipinski definition) is 2. The predicted octanol–water partition coefficient (Wildman–Crippen LogP) is 2.73. The van der Waals surface area contributed by atoms with Crippen molar-refractivity contribution in [2.24, 2.45) is 0 Å². The summed E-state index contributed by atoms with van der Waals surface area (Å²) < 4.78 is 11.2. The molecule has 0 amide bonds. The lowest BCUT2D eigenvalue weighted by atomic mass is 10.2. The van der Waals surface area contributed by atoms with Gasteiger partial charge in [0, 0.05) is 6.42 Å². The molecule has 0 aliphatic carbocycles. The quantitative estimate of drug-likeness (QED) is 0.733. The SMILES string of the molecule is CC1CCC(OCc2ccccc2)O1. The lowest BCUT2D eigenvalue weighted by molar-refractivity contribution is -0.136. The molecule has 1 aliphatic rings. The summed E-state index contributed by atoms with van der Waals surface area (Å²) in [5.41, 5.74) is 1.20. The van der Waals surface area contributed by atoms with Gasteiger partial charge in [0.1, 0.15) is 0 Å². The molecule has 1 aromatic carbocycles. The summed E-state index contributed by atoms with van der Waals surface area (Å²) in [6.07, 6.45) is 2.49. The van der Waals surface area contributed by atoms with E-state index in [-0.39, 0.29) is 6.29 Å². The van der Waals surface area contributed by atoms with Gasteiger partial charge in [-0.1, -0.05) is 30.3 Å². The van der Waals surface area contributed by atoms with Gasteiger partial charge >= 0.3 is 0 Å². The number of hydrogen-bond donors (Lipinski definition) is 0. The highest BCUT2D eigenvalue weighted by molar-refractivity contribution is 5.13. The van der Waals surface area contributed by atoms with Crippen molar-refractivity contribution in [1.29, 1.82) is 0 Å². The molecule has 2 unspecified atom stereocenters. The first kappa shape index (κ1) is 9.69. The normalized spacial score (nSPS) is 26.6. The van der Waals surface area contributed by atoms with Crippen LogP contribution in [0.3, 0.4) is 0 Å². The maximum absolute atomic E-state index is 5.64. The van der Waals surface area contributed by atoms with Crippen molar-refractivity contribution in [2.75, 3.05) is 0 Å². The van der Waals surface area contributed by atoms with Crippen LogP contribution in [0.2, 0.25) is 0 Å². The van der Waals surface area contributed by atoms with Crippen LogP contribution in [0.25, 0.3) is 0 Å². The Kier molecular flexibility index (Phi) is 3.17. The molecule has 2 nitrogen and oxygen atoms in total. The van der Waals surface area contributed by atoms with E-state index < -0.39 is 0 Å². The fourth-order valence-corrected chi connectivity index (χ4v) is 1.65. The number of rotatable bonds is 3. The summed E-state index contributed by atoms with van der Waals surface area (Å²) in [6.45, 7) is 2.74. The third kappa shape index (κ3) is 2.56. The summed E-state index contributed by atoms with van der Waals surface area (Å²) in [5, 5.41) is 0. The first-order valence-corrected chi connectivity index (χ1v) is 5.15. The largest absolute Gasteiger partial charge is 0.350 e. The average molecular weight is 192 g/mol. The summed E-state index contributed by atoms with van der Waals surface area (Å²) in [4.78, 5) is 0. The highest BCUT2D eigenvalue weighted by Crippen LogP contribution is 2.20. The molecule has 1 aliphatic heterocycles. The minimum atomic E-state index is 0.00482. The Bertz CT molecular complexity index is 271. The van der Waals surface area contributed by atoms with Crippen molar-refractivity contribution in [2.45, 2.75) is 38.8 Å². The zero-order valence-corrected chi connectivity index (χ0v) is 8.48. The third-order valence-electron chi connectivity index (χ3n) is 2.47. The van der Waals surface area contributed by atoms with Crippen LogP contribution in [-0.4, -0.2) is 12.4 Å². The Hall–Kier alpha value is -0.860. The molecule has 76 valence electrons. The Morgan fingerprint density at radius 3 is 2.71 bits per heavy atom. The molecule has 2 atom stereocenters. The summed E-state index contributed by atoms with van der Waals surface area (Å²) in [5.74, 6) is 0. The molecule has 2 heteroatoms. The summed E-state index contributed by atoms with van der Waals surface area (Å²) in [6, 6.07) is 10.2. The van der Waals surface area contributed by atoms with Crippen LogP contribution in [-0.2, 0) is 16.1 Å². The van der Waals surface area contributed by atoms with E-state index in [1.165, 1.54) is 5.56 Å². The molecule has 1 fully saturated rings. The first-order valence-electron chi connectivity index (χ1n) is 5.15. The van der Waals surface area contributed by atoms with E-state index in [0.717, 1.165) is 12.8 Å². The zero-order chi connectivity index (χ0) is 9.80.